The van der Waals surface area contributed by atoms with Crippen LogP contribution < -0.4 is 5.46 Å². The molecule has 1 heterocycles. The molecule has 0 aliphatic heterocycles. The van der Waals surface area contributed by atoms with Crippen LogP contribution in [0.3, 0.4) is 0 Å². The molecule has 8 heavy (non-hydrogen) atoms. The number of aromatic nitrogens is 2. The largest absolute Gasteiger partial charge is 0.274 e. The van der Waals surface area contributed by atoms with Crippen LogP contribution >= 0.6 is 0 Å². The van der Waals surface area contributed by atoms with Crippen LogP contribution in [0.2, 0.25) is 0 Å². The normalized spacial score (nSPS) is 9.62. The highest BCUT2D eigenvalue weighted by Gasteiger charge is 1.85. The zero-order chi connectivity index (χ0) is 5.98. The minimum Gasteiger partial charge on any atom is -0.274 e. The number of aryl methyl sites for hydroxylation is 1. The van der Waals surface area contributed by atoms with E-state index in [0.29, 0.717) is 0 Å². The first-order chi connectivity index (χ1) is 3.83. The monoisotopic (exact) mass is 106 g/mol. The summed E-state index contributed by atoms with van der Waals surface area (Å²) in [4.78, 5) is 0. The molecule has 0 aliphatic carbocycles. The summed E-state index contributed by atoms with van der Waals surface area (Å²) in [5, 5.41) is 3.93. The van der Waals surface area contributed by atoms with Crippen molar-refractivity contribution in [3.8, 4) is 0 Å². The third-order valence-electron chi connectivity index (χ3n) is 0.977. The van der Waals surface area contributed by atoms with Gasteiger partial charge in [-0.15, -0.1) is 0 Å². The maximum atomic E-state index is 5.37. The van der Waals surface area contributed by atoms with E-state index in [1.54, 1.807) is 17.1 Å². The lowest BCUT2D eigenvalue weighted by Gasteiger charge is -1.88. The summed E-state index contributed by atoms with van der Waals surface area (Å²) < 4.78 is 1.79. The molecule has 0 amide bonds. The van der Waals surface area contributed by atoms with Gasteiger partial charge in [0.25, 0.3) is 0 Å². The maximum Gasteiger partial charge on any atom is 0.118 e. The van der Waals surface area contributed by atoms with Crippen LogP contribution in [0.15, 0.2) is 12.4 Å². The Balaban J connectivity index is 2.84. The molecule has 0 unspecified atom stereocenters. The van der Waals surface area contributed by atoms with Crippen LogP contribution in [0.25, 0.3) is 0 Å². The molecule has 0 atom stereocenters. The number of nitrogens with zero attached hydrogens (tertiary/aromatic N) is 2. The molecule has 3 heteroatoms. The summed E-state index contributed by atoms with van der Waals surface area (Å²) in [7, 11) is 5.37. The fourth-order valence-corrected chi connectivity index (χ4v) is 0.553. The van der Waals surface area contributed by atoms with Crippen molar-refractivity contribution in [3.05, 3.63) is 12.4 Å². The van der Waals surface area contributed by atoms with Crippen LogP contribution in [0.5, 0.6) is 0 Å². The van der Waals surface area contributed by atoms with Crippen molar-refractivity contribution in [1.29, 1.82) is 0 Å². The Morgan fingerprint density at radius 3 is 2.88 bits per heavy atom. The fourth-order valence-electron chi connectivity index (χ4n) is 0.553. The number of rotatable bonds is 1. The van der Waals surface area contributed by atoms with Gasteiger partial charge in [0, 0.05) is 18.9 Å². The minimum absolute atomic E-state index is 0.729. The number of hydrogen-bond acceptors (Lipinski definition) is 1. The Hall–Kier alpha value is -0.725. The third kappa shape index (κ3) is 0.913. The molecule has 0 bridgehead atoms. The van der Waals surface area contributed by atoms with Gasteiger partial charge in [0.1, 0.15) is 7.85 Å². The molecule has 1 aromatic heterocycles. The average Bonchev–Trinajstić information content (AvgIpc) is 2.14. The van der Waals surface area contributed by atoms with Crippen LogP contribution in [0.4, 0.5) is 0 Å². The molecular formula is C5H7BN2. The maximum absolute atomic E-state index is 5.37. The Kier molecular flexibility index (Phi) is 1.37. The van der Waals surface area contributed by atoms with Crippen molar-refractivity contribution >= 4 is 13.3 Å². The van der Waals surface area contributed by atoms with Gasteiger partial charge in [-0.1, -0.05) is 5.46 Å². The van der Waals surface area contributed by atoms with Crippen molar-refractivity contribution in [2.45, 2.75) is 13.5 Å². The van der Waals surface area contributed by atoms with Crippen molar-refractivity contribution in [3.63, 3.8) is 0 Å². The quantitative estimate of drug-likeness (QED) is 0.449. The molecule has 0 fully saturated rings. The van der Waals surface area contributed by atoms with Gasteiger partial charge >= 0.3 is 0 Å². The Bertz CT molecular complexity index is 171. The molecule has 2 radical (unpaired) electrons. The smallest absolute Gasteiger partial charge is 0.118 e. The van der Waals surface area contributed by atoms with E-state index in [2.05, 4.69) is 5.10 Å². The Morgan fingerprint density at radius 1 is 1.88 bits per heavy atom. The second kappa shape index (κ2) is 2.03. The molecule has 1 rings (SSSR count). The molecule has 0 aliphatic rings. The molecule has 2 nitrogen and oxygen atoms in total. The van der Waals surface area contributed by atoms with Gasteiger partial charge in [-0.2, -0.15) is 5.10 Å². The highest BCUT2D eigenvalue weighted by Crippen LogP contribution is 1.76. The van der Waals surface area contributed by atoms with Crippen LogP contribution in [0, 0.1) is 0 Å². The van der Waals surface area contributed by atoms with E-state index < -0.39 is 0 Å². The zero-order valence-corrected chi connectivity index (χ0v) is 4.83. The van der Waals surface area contributed by atoms with Crippen LogP contribution in [-0.4, -0.2) is 17.6 Å². The lowest BCUT2D eigenvalue weighted by atomic mass is 10.0. The van der Waals surface area contributed by atoms with Gasteiger partial charge in [0.15, 0.2) is 0 Å². The standard InChI is InChI=1S/C5H7BN2/c1-2-8-4-5(6)3-7-8/h3-4H,2H2,1H3. The van der Waals surface area contributed by atoms with Crippen LogP contribution in [-0.2, 0) is 6.54 Å². The van der Waals surface area contributed by atoms with Crippen molar-refractivity contribution < 1.29 is 0 Å². The van der Waals surface area contributed by atoms with E-state index >= 15 is 0 Å². The van der Waals surface area contributed by atoms with Gasteiger partial charge in [-0.25, -0.2) is 0 Å². The first kappa shape index (κ1) is 5.41. The van der Waals surface area contributed by atoms with E-state index in [4.69, 9.17) is 7.85 Å². The average molecular weight is 106 g/mol. The minimum atomic E-state index is 0.729. The molecular weight excluding hydrogens is 98.9 g/mol. The topological polar surface area (TPSA) is 17.8 Å². The fraction of sp³-hybridized carbons (Fsp3) is 0.400. The summed E-state index contributed by atoms with van der Waals surface area (Å²) in [5.41, 5.74) is 0.729. The zero-order valence-electron chi connectivity index (χ0n) is 4.83. The van der Waals surface area contributed by atoms with Crippen LogP contribution in [0.1, 0.15) is 6.92 Å². The van der Waals surface area contributed by atoms with Crippen molar-refractivity contribution in [2.75, 3.05) is 0 Å². The van der Waals surface area contributed by atoms with Crippen molar-refractivity contribution in [1.82, 2.24) is 9.78 Å². The van der Waals surface area contributed by atoms with Gasteiger partial charge in [0.2, 0.25) is 0 Å². The van der Waals surface area contributed by atoms with Gasteiger partial charge < -0.3 is 0 Å². The second-order valence-corrected chi connectivity index (χ2v) is 1.63. The third-order valence-corrected chi connectivity index (χ3v) is 0.977. The molecule has 1 aromatic rings. The number of hydrogen-bond donors (Lipinski definition) is 0. The molecule has 0 saturated heterocycles. The first-order valence-corrected chi connectivity index (χ1v) is 2.61. The Labute approximate surface area is 49.9 Å². The lowest BCUT2D eigenvalue weighted by molar-refractivity contribution is 0.660. The Morgan fingerprint density at radius 2 is 2.62 bits per heavy atom. The first-order valence-electron chi connectivity index (χ1n) is 2.61. The van der Waals surface area contributed by atoms with E-state index in [-0.39, 0.29) is 0 Å². The predicted octanol–water partition coefficient (Wildman–Crippen LogP) is -0.303. The summed E-state index contributed by atoms with van der Waals surface area (Å²) in [5.74, 6) is 0. The molecule has 0 saturated carbocycles. The molecule has 0 N–H and O–H groups in total. The highest BCUT2D eigenvalue weighted by atomic mass is 15.3. The van der Waals surface area contributed by atoms with E-state index in [9.17, 15) is 0 Å². The lowest BCUT2D eigenvalue weighted by Crippen LogP contribution is -1.97. The SMILES string of the molecule is [B]c1cnn(CC)c1. The molecule has 0 spiro atoms. The molecule has 0 aromatic carbocycles. The summed E-state index contributed by atoms with van der Waals surface area (Å²) >= 11 is 0. The van der Waals surface area contributed by atoms with E-state index in [1.807, 2.05) is 6.92 Å². The van der Waals surface area contributed by atoms with Crippen molar-refractivity contribution in [2.24, 2.45) is 0 Å². The second-order valence-electron chi connectivity index (χ2n) is 1.63. The van der Waals surface area contributed by atoms with Gasteiger partial charge in [-0.05, 0) is 6.92 Å². The summed E-state index contributed by atoms with van der Waals surface area (Å²) in [6, 6.07) is 0. The van der Waals surface area contributed by atoms with E-state index in [0.717, 1.165) is 12.0 Å². The summed E-state index contributed by atoms with van der Waals surface area (Å²) in [6.07, 6.45) is 3.45. The predicted molar refractivity (Wildman–Crippen MR) is 33.3 cm³/mol. The van der Waals surface area contributed by atoms with Gasteiger partial charge in [0.05, 0.1) is 0 Å². The summed E-state index contributed by atoms with van der Waals surface area (Å²) in [6.45, 7) is 2.91. The highest BCUT2D eigenvalue weighted by molar-refractivity contribution is 6.31. The molecule has 40 valence electrons. The van der Waals surface area contributed by atoms with Gasteiger partial charge in [-0.3, -0.25) is 4.68 Å². The van der Waals surface area contributed by atoms with E-state index in [1.165, 1.54) is 0 Å².